The van der Waals surface area contributed by atoms with Crippen LogP contribution in [0.15, 0.2) is 4.99 Å². The molecule has 0 fully saturated rings. The van der Waals surface area contributed by atoms with Crippen LogP contribution in [-0.2, 0) is 6.42 Å². The summed E-state index contributed by atoms with van der Waals surface area (Å²) >= 11 is 1.70. The SMILES string of the molecule is CCNC(=NCCCN(C)CC(F)(F)F)NCCc1nc(C)c(C)s1. The molecule has 0 saturated heterocycles. The molecule has 1 heterocycles. The Balaban J connectivity index is 2.33. The number of aliphatic imine (C=N–C) groups is 1. The lowest BCUT2D eigenvalue weighted by molar-refractivity contribution is -0.143. The number of rotatable bonds is 9. The molecular weight excluding hydrogens is 351 g/mol. The zero-order valence-electron chi connectivity index (χ0n) is 15.3. The van der Waals surface area contributed by atoms with Gasteiger partial charge in [0.05, 0.1) is 17.2 Å². The van der Waals surface area contributed by atoms with Gasteiger partial charge in [0, 0.05) is 30.9 Å². The molecule has 0 radical (unpaired) electrons. The molecule has 0 aliphatic heterocycles. The van der Waals surface area contributed by atoms with Crippen molar-refractivity contribution >= 4 is 17.3 Å². The minimum absolute atomic E-state index is 0.361. The van der Waals surface area contributed by atoms with E-state index >= 15 is 0 Å². The second-order valence-corrected chi connectivity index (χ2v) is 7.18. The van der Waals surface area contributed by atoms with E-state index in [-0.39, 0.29) is 0 Å². The zero-order valence-corrected chi connectivity index (χ0v) is 16.2. The Hall–Kier alpha value is -1.35. The second-order valence-electron chi connectivity index (χ2n) is 5.89. The Bertz CT molecular complexity index is 523. The van der Waals surface area contributed by atoms with Crippen LogP contribution in [0.2, 0.25) is 0 Å². The maximum atomic E-state index is 12.3. The number of alkyl halides is 3. The standard InChI is InChI=1S/C16H28F3N5S/c1-5-20-15(21-8-6-10-24(4)11-16(17,18)19)22-9-7-14-23-12(2)13(3)25-14/h5-11H2,1-4H3,(H2,20,21,22). The highest BCUT2D eigenvalue weighted by Gasteiger charge is 2.28. The third-order valence-electron chi connectivity index (χ3n) is 3.47. The highest BCUT2D eigenvalue weighted by molar-refractivity contribution is 7.11. The predicted molar refractivity (Wildman–Crippen MR) is 97.4 cm³/mol. The first kappa shape index (κ1) is 21.7. The number of thiazole rings is 1. The van der Waals surface area contributed by atoms with E-state index in [0.29, 0.717) is 32.0 Å². The molecule has 144 valence electrons. The molecule has 0 unspecified atom stereocenters. The summed E-state index contributed by atoms with van der Waals surface area (Å²) in [5, 5.41) is 7.47. The lowest BCUT2D eigenvalue weighted by atomic mass is 10.4. The number of nitrogens with zero attached hydrogens (tertiary/aromatic N) is 3. The lowest BCUT2D eigenvalue weighted by Crippen LogP contribution is -2.38. The van der Waals surface area contributed by atoms with Gasteiger partial charge in [-0.15, -0.1) is 11.3 Å². The van der Waals surface area contributed by atoms with Crippen molar-refractivity contribution in [3.8, 4) is 0 Å². The lowest BCUT2D eigenvalue weighted by Gasteiger charge is -2.18. The number of hydrogen-bond donors (Lipinski definition) is 2. The summed E-state index contributed by atoms with van der Waals surface area (Å²) < 4.78 is 36.8. The third-order valence-corrected chi connectivity index (χ3v) is 4.60. The molecule has 0 bridgehead atoms. The molecule has 1 rings (SSSR count). The fourth-order valence-electron chi connectivity index (χ4n) is 2.19. The second kappa shape index (κ2) is 10.6. The van der Waals surface area contributed by atoms with Crippen LogP contribution >= 0.6 is 11.3 Å². The van der Waals surface area contributed by atoms with Crippen molar-refractivity contribution < 1.29 is 13.2 Å². The van der Waals surface area contributed by atoms with Crippen molar-refractivity contribution in [1.82, 2.24) is 20.5 Å². The Morgan fingerprint density at radius 1 is 1.28 bits per heavy atom. The van der Waals surface area contributed by atoms with Gasteiger partial charge in [0.1, 0.15) is 0 Å². The fourth-order valence-corrected chi connectivity index (χ4v) is 3.13. The summed E-state index contributed by atoms with van der Waals surface area (Å²) in [4.78, 5) is 11.4. The maximum absolute atomic E-state index is 12.3. The zero-order chi connectivity index (χ0) is 18.9. The van der Waals surface area contributed by atoms with Gasteiger partial charge in [0.25, 0.3) is 0 Å². The van der Waals surface area contributed by atoms with Gasteiger partial charge in [-0.05, 0) is 40.8 Å². The number of nitrogens with one attached hydrogen (secondary N) is 2. The molecule has 2 N–H and O–H groups in total. The van der Waals surface area contributed by atoms with Crippen LogP contribution in [0, 0.1) is 13.8 Å². The van der Waals surface area contributed by atoms with Gasteiger partial charge in [-0.1, -0.05) is 0 Å². The molecular formula is C16H28F3N5S. The largest absolute Gasteiger partial charge is 0.401 e. The Labute approximate surface area is 151 Å². The van der Waals surface area contributed by atoms with Crippen molar-refractivity contribution in [2.45, 2.75) is 39.8 Å². The quantitative estimate of drug-likeness (QED) is 0.394. The van der Waals surface area contributed by atoms with Crippen LogP contribution in [0.5, 0.6) is 0 Å². The monoisotopic (exact) mass is 379 g/mol. The molecule has 0 saturated carbocycles. The molecule has 1 aromatic heterocycles. The Kier molecular flexibility index (Phi) is 9.20. The minimum Gasteiger partial charge on any atom is -0.357 e. The first-order valence-corrected chi connectivity index (χ1v) is 9.23. The van der Waals surface area contributed by atoms with E-state index in [4.69, 9.17) is 0 Å². The van der Waals surface area contributed by atoms with E-state index in [1.165, 1.54) is 16.8 Å². The number of hydrogen-bond acceptors (Lipinski definition) is 4. The van der Waals surface area contributed by atoms with Gasteiger partial charge in [0.2, 0.25) is 0 Å². The van der Waals surface area contributed by atoms with Crippen LogP contribution in [0.1, 0.15) is 28.9 Å². The summed E-state index contributed by atoms with van der Waals surface area (Å²) in [5.41, 5.74) is 1.07. The molecule has 9 heteroatoms. The van der Waals surface area contributed by atoms with Crippen LogP contribution in [0.4, 0.5) is 13.2 Å². The van der Waals surface area contributed by atoms with Crippen LogP contribution in [0.25, 0.3) is 0 Å². The number of aryl methyl sites for hydroxylation is 2. The first-order chi connectivity index (χ1) is 11.7. The summed E-state index contributed by atoms with van der Waals surface area (Å²) in [6, 6.07) is 0. The van der Waals surface area contributed by atoms with Crippen molar-refractivity contribution in [1.29, 1.82) is 0 Å². The summed E-state index contributed by atoms with van der Waals surface area (Å²) in [6.45, 7) is 7.44. The van der Waals surface area contributed by atoms with Crippen LogP contribution in [0.3, 0.4) is 0 Å². The van der Waals surface area contributed by atoms with Crippen molar-refractivity contribution in [3.05, 3.63) is 15.6 Å². The molecule has 0 aliphatic carbocycles. The summed E-state index contributed by atoms with van der Waals surface area (Å²) in [6.07, 6.45) is -2.76. The highest BCUT2D eigenvalue weighted by Crippen LogP contribution is 2.16. The van der Waals surface area contributed by atoms with Crippen molar-refractivity contribution in [2.24, 2.45) is 4.99 Å². The third kappa shape index (κ3) is 9.64. The van der Waals surface area contributed by atoms with Crippen molar-refractivity contribution in [3.63, 3.8) is 0 Å². The van der Waals surface area contributed by atoms with E-state index in [1.807, 2.05) is 13.8 Å². The predicted octanol–water partition coefficient (Wildman–Crippen LogP) is 2.74. The Morgan fingerprint density at radius 2 is 2.00 bits per heavy atom. The number of guanidine groups is 1. The molecule has 25 heavy (non-hydrogen) atoms. The van der Waals surface area contributed by atoms with Crippen LogP contribution in [-0.4, -0.2) is 61.8 Å². The van der Waals surface area contributed by atoms with Crippen molar-refractivity contribution in [2.75, 3.05) is 39.8 Å². The molecule has 1 aromatic rings. The fraction of sp³-hybridized carbons (Fsp3) is 0.750. The van der Waals surface area contributed by atoms with Crippen LogP contribution < -0.4 is 10.6 Å². The van der Waals surface area contributed by atoms with Gasteiger partial charge in [-0.3, -0.25) is 9.89 Å². The Morgan fingerprint density at radius 3 is 2.56 bits per heavy atom. The molecule has 0 atom stereocenters. The number of halogens is 3. The molecule has 0 spiro atoms. The van der Waals surface area contributed by atoms with E-state index in [0.717, 1.165) is 23.7 Å². The van der Waals surface area contributed by atoms with Gasteiger partial charge in [-0.25, -0.2) is 4.98 Å². The minimum atomic E-state index is -4.15. The molecule has 5 nitrogen and oxygen atoms in total. The summed E-state index contributed by atoms with van der Waals surface area (Å²) in [7, 11) is 1.47. The average Bonchev–Trinajstić information content (AvgIpc) is 2.80. The summed E-state index contributed by atoms with van der Waals surface area (Å²) in [5.74, 6) is 0.686. The molecule has 0 amide bonds. The van der Waals surface area contributed by atoms with E-state index in [1.54, 1.807) is 11.3 Å². The van der Waals surface area contributed by atoms with E-state index < -0.39 is 12.7 Å². The highest BCUT2D eigenvalue weighted by atomic mass is 32.1. The van der Waals surface area contributed by atoms with E-state index in [2.05, 4.69) is 27.5 Å². The van der Waals surface area contributed by atoms with E-state index in [9.17, 15) is 13.2 Å². The number of aromatic nitrogens is 1. The molecule has 0 aromatic carbocycles. The van der Waals surface area contributed by atoms with Gasteiger partial charge >= 0.3 is 6.18 Å². The van der Waals surface area contributed by atoms with Gasteiger partial charge in [-0.2, -0.15) is 13.2 Å². The topological polar surface area (TPSA) is 52.6 Å². The van der Waals surface area contributed by atoms with Gasteiger partial charge in [0.15, 0.2) is 5.96 Å². The van der Waals surface area contributed by atoms with Gasteiger partial charge < -0.3 is 10.6 Å². The first-order valence-electron chi connectivity index (χ1n) is 8.41. The molecule has 0 aliphatic rings. The average molecular weight is 379 g/mol. The maximum Gasteiger partial charge on any atom is 0.401 e. The normalized spacial score (nSPS) is 12.7. The smallest absolute Gasteiger partial charge is 0.357 e.